The number of benzene rings is 1. The van der Waals surface area contributed by atoms with Crippen LogP contribution in [-0.2, 0) is 4.79 Å². The first kappa shape index (κ1) is 21.4. The van der Waals surface area contributed by atoms with Crippen molar-refractivity contribution in [1.29, 1.82) is 0 Å². The third kappa shape index (κ3) is 4.70. The number of nitrogens with one attached hydrogen (secondary N) is 1. The van der Waals surface area contributed by atoms with Crippen molar-refractivity contribution < 1.29 is 19.0 Å². The molecule has 1 aromatic rings. The van der Waals surface area contributed by atoms with Crippen molar-refractivity contribution >= 4 is 18.3 Å². The van der Waals surface area contributed by atoms with E-state index in [1.165, 1.54) is 0 Å². The molecule has 7 heteroatoms. The molecule has 3 atom stereocenters. The molecule has 0 bridgehead atoms. The number of nitrogens with two attached hydrogens (primary N) is 1. The molecule has 1 aromatic carbocycles. The molecule has 0 saturated heterocycles. The number of methoxy groups -OCH3 is 3. The van der Waals surface area contributed by atoms with E-state index in [1.807, 2.05) is 19.1 Å². The molecule has 0 aliphatic heterocycles. The molecule has 1 fully saturated rings. The summed E-state index contributed by atoms with van der Waals surface area (Å²) in [6.07, 6.45) is 3.02. The summed E-state index contributed by atoms with van der Waals surface area (Å²) in [6, 6.07) is 3.56. The zero-order valence-electron chi connectivity index (χ0n) is 15.3. The first-order valence-corrected chi connectivity index (χ1v) is 8.36. The minimum Gasteiger partial charge on any atom is -0.493 e. The van der Waals surface area contributed by atoms with E-state index in [-0.39, 0.29) is 36.2 Å². The van der Waals surface area contributed by atoms with E-state index in [4.69, 9.17) is 19.9 Å². The molecule has 6 nitrogen and oxygen atoms in total. The Morgan fingerprint density at radius 3 is 2.28 bits per heavy atom. The van der Waals surface area contributed by atoms with Gasteiger partial charge in [-0.25, -0.2) is 0 Å². The Bertz CT molecular complexity index is 557. The van der Waals surface area contributed by atoms with Gasteiger partial charge < -0.3 is 25.3 Å². The predicted octanol–water partition coefficient (Wildman–Crippen LogP) is 2.69. The normalized spacial score (nSPS) is 20.4. The number of carbonyl (C=O) groups excluding carboxylic acids is 1. The Labute approximate surface area is 155 Å². The summed E-state index contributed by atoms with van der Waals surface area (Å²) < 4.78 is 16.1. The van der Waals surface area contributed by atoms with Gasteiger partial charge in [-0.2, -0.15) is 0 Å². The van der Waals surface area contributed by atoms with Crippen LogP contribution in [0.3, 0.4) is 0 Å². The minimum atomic E-state index is -0.162. The van der Waals surface area contributed by atoms with Crippen LogP contribution in [0.15, 0.2) is 12.1 Å². The Morgan fingerprint density at radius 1 is 1.20 bits per heavy atom. The van der Waals surface area contributed by atoms with Gasteiger partial charge in [-0.05, 0) is 49.9 Å². The summed E-state index contributed by atoms with van der Waals surface area (Å²) in [5.41, 5.74) is 6.69. The molecule has 0 spiro atoms. The van der Waals surface area contributed by atoms with E-state index in [9.17, 15) is 4.79 Å². The predicted molar refractivity (Wildman–Crippen MR) is 99.8 cm³/mol. The fraction of sp³-hybridized carbons (Fsp3) is 0.611. The molecule has 25 heavy (non-hydrogen) atoms. The molecule has 1 amide bonds. The Hall–Kier alpha value is -1.66. The van der Waals surface area contributed by atoms with Crippen molar-refractivity contribution in [2.75, 3.05) is 27.9 Å². The van der Waals surface area contributed by atoms with Gasteiger partial charge in [-0.1, -0.05) is 6.42 Å². The number of amides is 1. The molecule has 1 aliphatic rings. The van der Waals surface area contributed by atoms with Crippen molar-refractivity contribution in [2.24, 2.45) is 17.6 Å². The fourth-order valence-electron chi connectivity index (χ4n) is 3.42. The lowest BCUT2D eigenvalue weighted by molar-refractivity contribution is -0.126. The van der Waals surface area contributed by atoms with Crippen LogP contribution in [0.25, 0.3) is 0 Å². The molecule has 1 unspecified atom stereocenters. The van der Waals surface area contributed by atoms with Gasteiger partial charge in [-0.15, -0.1) is 12.4 Å². The summed E-state index contributed by atoms with van der Waals surface area (Å²) >= 11 is 0. The third-order valence-electron chi connectivity index (χ3n) is 4.84. The maximum atomic E-state index is 12.6. The zero-order chi connectivity index (χ0) is 17.7. The van der Waals surface area contributed by atoms with E-state index < -0.39 is 0 Å². The maximum Gasteiger partial charge on any atom is 0.223 e. The number of carbonyl (C=O) groups is 1. The maximum absolute atomic E-state index is 12.6. The highest BCUT2D eigenvalue weighted by Crippen LogP contribution is 2.40. The van der Waals surface area contributed by atoms with Gasteiger partial charge in [-0.3, -0.25) is 4.79 Å². The van der Waals surface area contributed by atoms with Gasteiger partial charge in [0.1, 0.15) is 0 Å². The van der Waals surface area contributed by atoms with E-state index in [2.05, 4.69) is 5.32 Å². The third-order valence-corrected chi connectivity index (χ3v) is 4.84. The van der Waals surface area contributed by atoms with E-state index in [1.54, 1.807) is 21.3 Å². The van der Waals surface area contributed by atoms with Crippen molar-refractivity contribution in [2.45, 2.75) is 32.2 Å². The quantitative estimate of drug-likeness (QED) is 0.768. The SMILES string of the molecule is COc1cc(C(C)NC(=O)[C@@H]2CCC[C@@H]2CN)cc(OC)c1OC.Cl. The number of rotatable bonds is 7. The first-order valence-electron chi connectivity index (χ1n) is 8.36. The lowest BCUT2D eigenvalue weighted by Crippen LogP contribution is -2.36. The van der Waals surface area contributed by atoms with Crippen molar-refractivity contribution in [3.8, 4) is 17.2 Å². The topological polar surface area (TPSA) is 82.8 Å². The highest BCUT2D eigenvalue weighted by molar-refractivity contribution is 5.85. The van der Waals surface area contributed by atoms with Crippen LogP contribution >= 0.6 is 12.4 Å². The summed E-state index contributed by atoms with van der Waals surface area (Å²) in [4.78, 5) is 12.6. The number of ether oxygens (including phenoxy) is 3. The lowest BCUT2D eigenvalue weighted by Gasteiger charge is -2.22. The minimum absolute atomic E-state index is 0. The van der Waals surface area contributed by atoms with Gasteiger partial charge in [0.25, 0.3) is 0 Å². The molecule has 1 aliphatic carbocycles. The molecular weight excluding hydrogens is 344 g/mol. The molecular formula is C18H29ClN2O4. The summed E-state index contributed by atoms with van der Waals surface area (Å²) in [6.45, 7) is 2.52. The van der Waals surface area contributed by atoms with Gasteiger partial charge in [0.15, 0.2) is 11.5 Å². The lowest BCUT2D eigenvalue weighted by atomic mass is 9.94. The van der Waals surface area contributed by atoms with Crippen LogP contribution in [0.2, 0.25) is 0 Å². The average Bonchev–Trinajstić information content (AvgIpc) is 3.08. The van der Waals surface area contributed by atoms with Gasteiger partial charge in [0.2, 0.25) is 11.7 Å². The van der Waals surface area contributed by atoms with E-state index in [0.717, 1.165) is 24.8 Å². The van der Waals surface area contributed by atoms with Crippen molar-refractivity contribution in [3.05, 3.63) is 17.7 Å². The molecule has 0 aromatic heterocycles. The smallest absolute Gasteiger partial charge is 0.223 e. The molecule has 0 radical (unpaired) electrons. The molecule has 2 rings (SSSR count). The molecule has 1 saturated carbocycles. The highest BCUT2D eigenvalue weighted by atomic mass is 35.5. The van der Waals surface area contributed by atoms with Crippen molar-refractivity contribution in [3.63, 3.8) is 0 Å². The Morgan fingerprint density at radius 2 is 1.80 bits per heavy atom. The number of hydrogen-bond donors (Lipinski definition) is 2. The van der Waals surface area contributed by atoms with Crippen LogP contribution in [0.5, 0.6) is 17.2 Å². The molecule has 3 N–H and O–H groups in total. The largest absolute Gasteiger partial charge is 0.493 e. The Kier molecular flexibility index (Phi) is 8.32. The monoisotopic (exact) mass is 372 g/mol. The standard InChI is InChI=1S/C18H28N2O4.ClH/c1-11(20-18(21)14-7-5-6-12(14)10-19)13-8-15(22-2)17(24-4)16(9-13)23-3;/h8-9,11-12,14H,5-7,10,19H2,1-4H3,(H,20,21);1H/t11?,12-,14-;/m1./s1. The first-order chi connectivity index (χ1) is 11.5. The Balaban J connectivity index is 0.00000312. The summed E-state index contributed by atoms with van der Waals surface area (Å²) in [5, 5.41) is 3.10. The van der Waals surface area contributed by atoms with E-state index in [0.29, 0.717) is 23.8 Å². The molecule has 0 heterocycles. The second-order valence-corrected chi connectivity index (χ2v) is 6.22. The highest BCUT2D eigenvalue weighted by Gasteiger charge is 2.32. The second kappa shape index (κ2) is 9.73. The zero-order valence-corrected chi connectivity index (χ0v) is 16.2. The molecule has 142 valence electrons. The van der Waals surface area contributed by atoms with Crippen LogP contribution < -0.4 is 25.3 Å². The summed E-state index contributed by atoms with van der Waals surface area (Å²) in [7, 11) is 4.72. The van der Waals surface area contributed by atoms with Crippen molar-refractivity contribution in [1.82, 2.24) is 5.32 Å². The van der Waals surface area contributed by atoms with Gasteiger partial charge >= 0.3 is 0 Å². The van der Waals surface area contributed by atoms with Crippen LogP contribution in [0.4, 0.5) is 0 Å². The average molecular weight is 373 g/mol. The fourth-order valence-corrected chi connectivity index (χ4v) is 3.42. The van der Waals surface area contributed by atoms with E-state index >= 15 is 0 Å². The summed E-state index contributed by atoms with van der Waals surface area (Å²) in [5.74, 6) is 2.07. The van der Waals surface area contributed by atoms with Crippen LogP contribution in [0.1, 0.15) is 37.8 Å². The number of hydrogen-bond acceptors (Lipinski definition) is 5. The second-order valence-electron chi connectivity index (χ2n) is 6.22. The van der Waals surface area contributed by atoms with Crippen LogP contribution in [-0.4, -0.2) is 33.8 Å². The van der Waals surface area contributed by atoms with Gasteiger partial charge in [0.05, 0.1) is 27.4 Å². The number of halogens is 1. The van der Waals surface area contributed by atoms with Crippen LogP contribution in [0, 0.1) is 11.8 Å². The van der Waals surface area contributed by atoms with Gasteiger partial charge in [0, 0.05) is 5.92 Å².